The fourth-order valence-corrected chi connectivity index (χ4v) is 2.48. The van der Waals surface area contributed by atoms with Gasteiger partial charge in [-0.1, -0.05) is 18.2 Å². The van der Waals surface area contributed by atoms with Crippen molar-refractivity contribution in [3.63, 3.8) is 0 Å². The van der Waals surface area contributed by atoms with E-state index in [1.807, 2.05) is 51.1 Å². The molecule has 122 valence electrons. The molecule has 3 N–H and O–H groups in total. The summed E-state index contributed by atoms with van der Waals surface area (Å²) in [5.74, 6) is -0.123. The molecule has 1 heterocycles. The molecule has 5 heteroatoms. The van der Waals surface area contributed by atoms with Crippen LogP contribution in [-0.2, 0) is 0 Å². The second kappa shape index (κ2) is 6.20. The number of aromatic hydroxyl groups is 1. The zero-order chi connectivity index (χ0) is 17.3. The Morgan fingerprint density at radius 2 is 1.75 bits per heavy atom. The van der Waals surface area contributed by atoms with E-state index in [-0.39, 0.29) is 11.7 Å². The zero-order valence-corrected chi connectivity index (χ0v) is 13.8. The molecule has 5 nitrogen and oxygen atoms in total. The first-order valence-corrected chi connectivity index (χ1v) is 7.68. The molecule has 0 saturated heterocycles. The molecule has 0 bridgehead atoms. The lowest BCUT2D eigenvalue weighted by Crippen LogP contribution is -2.13. The molecule has 0 atom stereocenters. The zero-order valence-electron chi connectivity index (χ0n) is 13.8. The first-order chi connectivity index (χ1) is 11.5. The fourth-order valence-electron chi connectivity index (χ4n) is 2.48. The van der Waals surface area contributed by atoms with Crippen LogP contribution in [0.5, 0.6) is 5.75 Å². The fraction of sp³-hybridized carbons (Fsp3) is 0.158. The Kier molecular flexibility index (Phi) is 4.08. The number of nitrogens with zero attached hydrogens (tertiary/aromatic N) is 1. The van der Waals surface area contributed by atoms with E-state index < -0.39 is 0 Å². The number of aryl methyl sites for hydroxylation is 3. The lowest BCUT2D eigenvalue weighted by Gasteiger charge is -2.06. The van der Waals surface area contributed by atoms with E-state index >= 15 is 0 Å². The summed E-state index contributed by atoms with van der Waals surface area (Å²) in [5, 5.41) is 19.9. The average molecular weight is 321 g/mol. The number of para-hydroxylation sites is 1. The number of H-pyrrole nitrogens is 1. The highest BCUT2D eigenvalue weighted by molar-refractivity contribution is 6.03. The third kappa shape index (κ3) is 3.01. The molecule has 2 aromatic carbocycles. The SMILES string of the molecule is Cc1cc(O)c(-c2cc(C(=O)Nc3ccccc3C)[nH]n2)cc1C. The van der Waals surface area contributed by atoms with Gasteiger partial charge < -0.3 is 10.4 Å². The lowest BCUT2D eigenvalue weighted by molar-refractivity contribution is 0.102. The number of aromatic amines is 1. The van der Waals surface area contributed by atoms with Crippen molar-refractivity contribution in [1.82, 2.24) is 10.2 Å². The summed E-state index contributed by atoms with van der Waals surface area (Å²) in [6.45, 7) is 5.84. The van der Waals surface area contributed by atoms with Gasteiger partial charge in [-0.15, -0.1) is 0 Å². The smallest absolute Gasteiger partial charge is 0.273 e. The third-order valence-corrected chi connectivity index (χ3v) is 4.10. The first-order valence-electron chi connectivity index (χ1n) is 7.68. The summed E-state index contributed by atoms with van der Waals surface area (Å²) in [6, 6.07) is 12.8. The maximum absolute atomic E-state index is 12.4. The number of phenolic OH excluding ortho intramolecular Hbond substituents is 1. The third-order valence-electron chi connectivity index (χ3n) is 4.10. The van der Waals surface area contributed by atoms with E-state index in [0.29, 0.717) is 17.0 Å². The van der Waals surface area contributed by atoms with E-state index in [2.05, 4.69) is 15.5 Å². The van der Waals surface area contributed by atoms with Gasteiger partial charge in [-0.3, -0.25) is 9.89 Å². The Balaban J connectivity index is 1.87. The van der Waals surface area contributed by atoms with E-state index in [1.54, 1.807) is 12.1 Å². The van der Waals surface area contributed by atoms with E-state index in [9.17, 15) is 9.90 Å². The molecule has 0 spiro atoms. The van der Waals surface area contributed by atoms with Crippen molar-refractivity contribution in [1.29, 1.82) is 0 Å². The van der Waals surface area contributed by atoms with Crippen molar-refractivity contribution in [3.05, 3.63) is 64.8 Å². The molecule has 0 aliphatic heterocycles. The molecule has 1 aromatic heterocycles. The predicted molar refractivity (Wildman–Crippen MR) is 94.3 cm³/mol. The standard InChI is InChI=1S/C19H19N3O2/c1-11-6-4-5-7-15(11)20-19(24)17-10-16(21-22-17)14-8-12(2)13(3)9-18(14)23/h4-10,23H,1-3H3,(H,20,24)(H,21,22). The number of phenols is 1. The van der Waals surface area contributed by atoms with E-state index in [4.69, 9.17) is 0 Å². The van der Waals surface area contributed by atoms with Crippen molar-refractivity contribution >= 4 is 11.6 Å². The highest BCUT2D eigenvalue weighted by Crippen LogP contribution is 2.31. The van der Waals surface area contributed by atoms with Crippen LogP contribution in [0.3, 0.4) is 0 Å². The van der Waals surface area contributed by atoms with Crippen LogP contribution in [0.4, 0.5) is 5.69 Å². The van der Waals surface area contributed by atoms with Gasteiger partial charge in [0.1, 0.15) is 11.4 Å². The largest absolute Gasteiger partial charge is 0.507 e. The number of anilines is 1. The summed E-state index contributed by atoms with van der Waals surface area (Å²) in [4.78, 5) is 12.4. The number of benzene rings is 2. The second-order valence-corrected chi connectivity index (χ2v) is 5.89. The number of aromatic nitrogens is 2. The van der Waals surface area contributed by atoms with Gasteiger partial charge in [-0.2, -0.15) is 5.10 Å². The van der Waals surface area contributed by atoms with Crippen LogP contribution >= 0.6 is 0 Å². The molecule has 3 aromatic rings. The Morgan fingerprint density at radius 1 is 1.04 bits per heavy atom. The number of carbonyl (C=O) groups excluding carboxylic acids is 1. The molecule has 24 heavy (non-hydrogen) atoms. The van der Waals surface area contributed by atoms with Crippen LogP contribution in [0.1, 0.15) is 27.2 Å². The summed E-state index contributed by atoms with van der Waals surface area (Å²) in [5.41, 5.74) is 5.27. The summed E-state index contributed by atoms with van der Waals surface area (Å²) in [7, 11) is 0. The van der Waals surface area contributed by atoms with Crippen LogP contribution in [0.2, 0.25) is 0 Å². The van der Waals surface area contributed by atoms with Crippen LogP contribution in [0.15, 0.2) is 42.5 Å². The topological polar surface area (TPSA) is 78.0 Å². The van der Waals surface area contributed by atoms with Crippen LogP contribution in [0.25, 0.3) is 11.3 Å². The number of hydrogen-bond donors (Lipinski definition) is 3. The van der Waals surface area contributed by atoms with Crippen LogP contribution < -0.4 is 5.32 Å². The highest BCUT2D eigenvalue weighted by atomic mass is 16.3. The number of carbonyl (C=O) groups is 1. The first kappa shape index (κ1) is 15.8. The summed E-state index contributed by atoms with van der Waals surface area (Å²) < 4.78 is 0. The van der Waals surface area contributed by atoms with Crippen molar-refractivity contribution in [3.8, 4) is 17.0 Å². The maximum atomic E-state index is 12.4. The molecule has 3 rings (SSSR count). The minimum absolute atomic E-state index is 0.149. The molecular weight excluding hydrogens is 302 g/mol. The van der Waals surface area contributed by atoms with Gasteiger partial charge in [-0.05, 0) is 61.7 Å². The van der Waals surface area contributed by atoms with E-state index in [1.165, 1.54) is 0 Å². The predicted octanol–water partition coefficient (Wildman–Crippen LogP) is 3.96. The molecule has 0 aliphatic rings. The monoisotopic (exact) mass is 321 g/mol. The molecular formula is C19H19N3O2. The van der Waals surface area contributed by atoms with Crippen molar-refractivity contribution in [2.45, 2.75) is 20.8 Å². The van der Waals surface area contributed by atoms with Gasteiger partial charge in [0.25, 0.3) is 5.91 Å². The van der Waals surface area contributed by atoms with Gasteiger partial charge >= 0.3 is 0 Å². The summed E-state index contributed by atoms with van der Waals surface area (Å²) in [6.07, 6.45) is 0. The number of amides is 1. The van der Waals surface area contributed by atoms with Crippen molar-refractivity contribution in [2.75, 3.05) is 5.32 Å². The Labute approximate surface area is 140 Å². The van der Waals surface area contributed by atoms with Crippen molar-refractivity contribution in [2.24, 2.45) is 0 Å². The van der Waals surface area contributed by atoms with E-state index in [0.717, 1.165) is 22.4 Å². The highest BCUT2D eigenvalue weighted by Gasteiger charge is 2.15. The Bertz CT molecular complexity index is 913. The lowest BCUT2D eigenvalue weighted by atomic mass is 10.0. The number of nitrogens with one attached hydrogen (secondary N) is 2. The molecule has 1 amide bonds. The Morgan fingerprint density at radius 3 is 2.50 bits per heavy atom. The molecule has 0 unspecified atom stereocenters. The molecule has 0 radical (unpaired) electrons. The minimum Gasteiger partial charge on any atom is -0.507 e. The van der Waals surface area contributed by atoms with Gasteiger partial charge in [0.15, 0.2) is 0 Å². The average Bonchev–Trinajstić information content (AvgIpc) is 3.03. The quantitative estimate of drug-likeness (QED) is 0.683. The molecule has 0 saturated carbocycles. The van der Waals surface area contributed by atoms with Crippen LogP contribution in [-0.4, -0.2) is 21.2 Å². The number of hydrogen-bond acceptors (Lipinski definition) is 3. The second-order valence-electron chi connectivity index (χ2n) is 5.89. The Hall–Kier alpha value is -3.08. The van der Waals surface area contributed by atoms with Gasteiger partial charge in [0, 0.05) is 11.3 Å². The molecule has 0 fully saturated rings. The van der Waals surface area contributed by atoms with Crippen LogP contribution in [0, 0.1) is 20.8 Å². The minimum atomic E-state index is -0.272. The van der Waals surface area contributed by atoms with Crippen molar-refractivity contribution < 1.29 is 9.90 Å². The normalized spacial score (nSPS) is 10.6. The van der Waals surface area contributed by atoms with Gasteiger partial charge in [-0.25, -0.2) is 0 Å². The van der Waals surface area contributed by atoms with Gasteiger partial charge in [0.2, 0.25) is 0 Å². The van der Waals surface area contributed by atoms with Gasteiger partial charge in [0.05, 0.1) is 5.69 Å². The molecule has 0 aliphatic carbocycles. The maximum Gasteiger partial charge on any atom is 0.273 e. The summed E-state index contributed by atoms with van der Waals surface area (Å²) >= 11 is 0. The number of rotatable bonds is 3.